The fourth-order valence-electron chi connectivity index (χ4n) is 2.64. The molecule has 0 aliphatic carbocycles. The molecular weight excluding hydrogens is 310 g/mol. The molecule has 126 valence electrons. The molecule has 1 amide bonds. The van der Waals surface area contributed by atoms with Crippen LogP contribution in [-0.4, -0.2) is 22.8 Å². The highest BCUT2D eigenvalue weighted by Gasteiger charge is 2.14. The quantitative estimate of drug-likeness (QED) is 0.753. The number of carbonyl (C=O) groups is 1. The summed E-state index contributed by atoms with van der Waals surface area (Å²) in [6, 6.07) is 21.7. The van der Waals surface area contributed by atoms with Crippen LogP contribution < -0.4 is 5.32 Å². The van der Waals surface area contributed by atoms with E-state index in [1.165, 1.54) is 5.56 Å². The second-order valence-corrected chi connectivity index (χ2v) is 6.07. The minimum absolute atomic E-state index is 0.100. The van der Waals surface area contributed by atoms with E-state index >= 15 is 0 Å². The minimum atomic E-state index is -0.100. The molecule has 0 saturated heterocycles. The normalized spacial score (nSPS) is 10.3. The molecule has 1 N–H and O–H groups in total. The maximum Gasteiger partial charge on any atom is 0.272 e. The van der Waals surface area contributed by atoms with Crippen LogP contribution in [0.5, 0.6) is 0 Å². The first-order valence-corrected chi connectivity index (χ1v) is 8.21. The van der Waals surface area contributed by atoms with Gasteiger partial charge in [-0.3, -0.25) is 9.78 Å². The van der Waals surface area contributed by atoms with Crippen LogP contribution in [0.1, 0.15) is 21.6 Å². The van der Waals surface area contributed by atoms with Gasteiger partial charge in [-0.2, -0.15) is 0 Å². The third-order valence-electron chi connectivity index (χ3n) is 3.90. The molecule has 3 aromatic rings. The summed E-state index contributed by atoms with van der Waals surface area (Å²) in [4.78, 5) is 18.5. The van der Waals surface area contributed by atoms with Crippen molar-refractivity contribution in [3.63, 3.8) is 0 Å². The van der Waals surface area contributed by atoms with Crippen LogP contribution in [0, 0.1) is 6.92 Å². The van der Waals surface area contributed by atoms with Crippen molar-refractivity contribution in [3.8, 4) is 0 Å². The third kappa shape index (κ3) is 4.44. The molecule has 3 rings (SSSR count). The van der Waals surface area contributed by atoms with Crippen LogP contribution in [-0.2, 0) is 6.54 Å². The van der Waals surface area contributed by atoms with Gasteiger partial charge < -0.3 is 10.2 Å². The van der Waals surface area contributed by atoms with Crippen molar-refractivity contribution in [1.82, 2.24) is 9.88 Å². The average molecular weight is 331 g/mol. The Morgan fingerprint density at radius 3 is 2.52 bits per heavy atom. The molecule has 0 radical (unpaired) electrons. The molecule has 0 fully saturated rings. The van der Waals surface area contributed by atoms with E-state index in [4.69, 9.17) is 0 Å². The lowest BCUT2D eigenvalue weighted by Crippen LogP contribution is -2.27. The number of hydrogen-bond acceptors (Lipinski definition) is 3. The molecule has 0 aliphatic rings. The third-order valence-corrected chi connectivity index (χ3v) is 3.90. The lowest BCUT2D eigenvalue weighted by atomic mass is 10.2. The summed E-state index contributed by atoms with van der Waals surface area (Å²) in [6.45, 7) is 2.60. The van der Waals surface area contributed by atoms with E-state index < -0.39 is 0 Å². The van der Waals surface area contributed by atoms with Gasteiger partial charge in [-0.25, -0.2) is 0 Å². The standard InChI is InChI=1S/C21H21N3O/c1-16-7-6-10-18(13-16)23-19-11-12-22-20(14-19)21(25)24(2)15-17-8-4-3-5-9-17/h3-14H,15H2,1-2H3,(H,22,23). The number of rotatable bonds is 5. The summed E-state index contributed by atoms with van der Waals surface area (Å²) in [5.74, 6) is -0.100. The molecule has 2 aromatic carbocycles. The number of aromatic nitrogens is 1. The number of hydrogen-bond donors (Lipinski definition) is 1. The van der Waals surface area contributed by atoms with E-state index in [0.29, 0.717) is 12.2 Å². The number of nitrogens with zero attached hydrogens (tertiary/aromatic N) is 2. The Morgan fingerprint density at radius 1 is 1.00 bits per heavy atom. The SMILES string of the molecule is Cc1cccc(Nc2ccnc(C(=O)N(C)Cc3ccccc3)c2)c1. The van der Waals surface area contributed by atoms with Crippen LogP contribution in [0.3, 0.4) is 0 Å². The first-order valence-electron chi connectivity index (χ1n) is 8.21. The van der Waals surface area contributed by atoms with Gasteiger partial charge in [0.15, 0.2) is 0 Å². The molecule has 0 saturated carbocycles. The molecule has 1 heterocycles. The van der Waals surface area contributed by atoms with E-state index in [2.05, 4.69) is 16.4 Å². The average Bonchev–Trinajstić information content (AvgIpc) is 2.62. The number of aryl methyl sites for hydroxylation is 1. The predicted molar refractivity (Wildman–Crippen MR) is 101 cm³/mol. The Bertz CT molecular complexity index is 862. The summed E-state index contributed by atoms with van der Waals surface area (Å²) >= 11 is 0. The predicted octanol–water partition coefficient (Wildman–Crippen LogP) is 4.41. The highest BCUT2D eigenvalue weighted by atomic mass is 16.2. The zero-order chi connectivity index (χ0) is 17.6. The van der Waals surface area contributed by atoms with Crippen LogP contribution >= 0.6 is 0 Å². The fourth-order valence-corrected chi connectivity index (χ4v) is 2.64. The molecule has 0 bridgehead atoms. The van der Waals surface area contributed by atoms with Gasteiger partial charge in [0, 0.05) is 31.2 Å². The Labute approximate surface area is 148 Å². The van der Waals surface area contributed by atoms with Crippen molar-refractivity contribution in [2.45, 2.75) is 13.5 Å². The van der Waals surface area contributed by atoms with Crippen LogP contribution in [0.2, 0.25) is 0 Å². The second kappa shape index (κ2) is 7.62. The van der Waals surface area contributed by atoms with Crippen molar-refractivity contribution in [1.29, 1.82) is 0 Å². The number of nitrogens with one attached hydrogen (secondary N) is 1. The van der Waals surface area contributed by atoms with Crippen molar-refractivity contribution in [2.24, 2.45) is 0 Å². The Morgan fingerprint density at radius 2 is 1.76 bits per heavy atom. The molecular formula is C21H21N3O. The molecule has 0 spiro atoms. The topological polar surface area (TPSA) is 45.2 Å². The largest absolute Gasteiger partial charge is 0.355 e. The van der Waals surface area contributed by atoms with Crippen molar-refractivity contribution >= 4 is 17.3 Å². The number of pyridine rings is 1. The molecule has 0 unspecified atom stereocenters. The lowest BCUT2D eigenvalue weighted by Gasteiger charge is -2.17. The van der Waals surface area contributed by atoms with Gasteiger partial charge in [0.1, 0.15) is 5.69 Å². The van der Waals surface area contributed by atoms with Crippen LogP contribution in [0.25, 0.3) is 0 Å². The first-order chi connectivity index (χ1) is 12.1. The first kappa shape index (κ1) is 16.7. The van der Waals surface area contributed by atoms with E-state index in [-0.39, 0.29) is 5.91 Å². The summed E-state index contributed by atoms with van der Waals surface area (Å²) in [5.41, 5.74) is 4.53. The van der Waals surface area contributed by atoms with Gasteiger partial charge in [0.25, 0.3) is 5.91 Å². The van der Waals surface area contributed by atoms with E-state index in [9.17, 15) is 4.79 Å². The zero-order valence-corrected chi connectivity index (χ0v) is 14.4. The van der Waals surface area contributed by atoms with Gasteiger partial charge in [-0.05, 0) is 42.3 Å². The van der Waals surface area contributed by atoms with Gasteiger partial charge in [-0.1, -0.05) is 42.5 Å². The minimum Gasteiger partial charge on any atom is -0.355 e. The van der Waals surface area contributed by atoms with Gasteiger partial charge >= 0.3 is 0 Å². The maximum absolute atomic E-state index is 12.6. The number of anilines is 2. The van der Waals surface area contributed by atoms with E-state index in [1.807, 2.05) is 61.5 Å². The maximum atomic E-state index is 12.6. The molecule has 0 atom stereocenters. The highest BCUT2D eigenvalue weighted by Crippen LogP contribution is 2.18. The zero-order valence-electron chi connectivity index (χ0n) is 14.4. The molecule has 4 nitrogen and oxygen atoms in total. The molecule has 1 aromatic heterocycles. The Balaban J connectivity index is 1.73. The molecule has 25 heavy (non-hydrogen) atoms. The van der Waals surface area contributed by atoms with Gasteiger partial charge in [0.05, 0.1) is 0 Å². The van der Waals surface area contributed by atoms with Crippen LogP contribution in [0.15, 0.2) is 72.9 Å². The van der Waals surface area contributed by atoms with Crippen molar-refractivity contribution in [2.75, 3.05) is 12.4 Å². The van der Waals surface area contributed by atoms with E-state index in [0.717, 1.165) is 16.9 Å². The summed E-state index contributed by atoms with van der Waals surface area (Å²) < 4.78 is 0. The molecule has 4 heteroatoms. The summed E-state index contributed by atoms with van der Waals surface area (Å²) in [7, 11) is 1.79. The van der Waals surface area contributed by atoms with E-state index in [1.54, 1.807) is 24.2 Å². The number of benzene rings is 2. The number of amides is 1. The van der Waals surface area contributed by atoms with Gasteiger partial charge in [0.2, 0.25) is 0 Å². The smallest absolute Gasteiger partial charge is 0.272 e. The van der Waals surface area contributed by atoms with Crippen LogP contribution in [0.4, 0.5) is 11.4 Å². The summed E-state index contributed by atoms with van der Waals surface area (Å²) in [5, 5.41) is 3.32. The lowest BCUT2D eigenvalue weighted by molar-refractivity contribution is 0.0779. The van der Waals surface area contributed by atoms with Crippen molar-refractivity contribution < 1.29 is 4.79 Å². The monoisotopic (exact) mass is 331 g/mol. The fraction of sp³-hybridized carbons (Fsp3) is 0.143. The second-order valence-electron chi connectivity index (χ2n) is 6.07. The highest BCUT2D eigenvalue weighted by molar-refractivity contribution is 5.93. The Hall–Kier alpha value is -3.14. The van der Waals surface area contributed by atoms with Crippen molar-refractivity contribution in [3.05, 3.63) is 89.7 Å². The number of carbonyl (C=O) groups excluding carboxylic acids is 1. The Kier molecular flexibility index (Phi) is 5.09. The summed E-state index contributed by atoms with van der Waals surface area (Å²) in [6.07, 6.45) is 1.65. The molecule has 0 aliphatic heterocycles. The van der Waals surface area contributed by atoms with Gasteiger partial charge in [-0.15, -0.1) is 0 Å².